The Hall–Kier alpha value is -3.13. The average Bonchev–Trinajstić information content (AvgIpc) is 1.90. The van der Waals surface area contributed by atoms with Gasteiger partial charge in [0.05, 0.1) is 32.1 Å². The minimum atomic E-state index is 0. The monoisotopic (exact) mass is 1370 g/mol. The van der Waals surface area contributed by atoms with Crippen molar-refractivity contribution in [1.29, 1.82) is 0 Å². The summed E-state index contributed by atoms with van der Waals surface area (Å²) in [7, 11) is 10.9. The van der Waals surface area contributed by atoms with Crippen molar-refractivity contribution < 1.29 is 0 Å². The van der Waals surface area contributed by atoms with E-state index < -0.39 is 0 Å². The predicted octanol–water partition coefficient (Wildman–Crippen LogP) is 19.5. The van der Waals surface area contributed by atoms with Gasteiger partial charge in [-0.3, -0.25) is 9.80 Å². The number of thiophene rings is 3. The first-order chi connectivity index (χ1) is 41.9. The Morgan fingerprint density at radius 1 is 0.380 bits per heavy atom. The van der Waals surface area contributed by atoms with Gasteiger partial charge in [-0.2, -0.15) is 0 Å². The zero-order valence-electron chi connectivity index (χ0n) is 61.6. The molecule has 0 atom stereocenters. The fourth-order valence-electron chi connectivity index (χ4n) is 11.1. The zero-order valence-corrected chi connectivity index (χ0v) is 66.5. The second kappa shape index (κ2) is 31.2. The number of aromatic nitrogens is 5. The lowest BCUT2D eigenvalue weighted by Crippen LogP contribution is -2.25. The molecule has 0 aromatic carbocycles. The second-order valence-corrected chi connectivity index (χ2v) is 40.2. The van der Waals surface area contributed by atoms with Crippen LogP contribution in [0, 0.1) is 6.92 Å². The summed E-state index contributed by atoms with van der Waals surface area (Å²) in [4.78, 5) is 46.7. The molecule has 0 bridgehead atoms. The van der Waals surface area contributed by atoms with E-state index in [0.29, 0.717) is 16.2 Å². The number of fused-ring (bicyclic) bond motifs is 6. The fourth-order valence-corrected chi connectivity index (χ4v) is 18.7. The van der Waals surface area contributed by atoms with Gasteiger partial charge in [0.15, 0.2) is 0 Å². The van der Waals surface area contributed by atoms with Gasteiger partial charge in [-0.25, -0.2) is 24.9 Å². The van der Waals surface area contributed by atoms with Crippen LogP contribution in [0.4, 0.5) is 0 Å². The number of nitrogens with zero attached hydrogens (tertiary/aromatic N) is 10. The van der Waals surface area contributed by atoms with Crippen molar-refractivity contribution in [2.24, 2.45) is 0 Å². The van der Waals surface area contributed by atoms with Gasteiger partial charge in [-0.1, -0.05) is 153 Å². The predicted molar refractivity (Wildman–Crippen MR) is 406 cm³/mol. The van der Waals surface area contributed by atoms with Crippen LogP contribution in [-0.4, -0.2) is 104 Å². The molecule has 13 rings (SSSR count). The topological polar surface area (TPSA) is 80.7 Å². The largest absolute Gasteiger partial charge is 0.302 e. The van der Waals surface area contributed by atoms with Crippen LogP contribution in [-0.2, 0) is 116 Å². The Kier molecular flexibility index (Phi) is 26.4. The van der Waals surface area contributed by atoms with E-state index in [-0.39, 0.29) is 29.1 Å². The molecule has 7 aromatic rings. The highest BCUT2D eigenvalue weighted by Gasteiger charge is 2.30. The molecule has 1 aliphatic carbocycles. The molecule has 6 aliphatic rings. The summed E-state index contributed by atoms with van der Waals surface area (Å²) in [6.07, 6.45) is 9.20. The molecule has 0 saturated heterocycles. The highest BCUT2D eigenvalue weighted by Crippen LogP contribution is 2.40. The minimum Gasteiger partial charge on any atom is -0.302 e. The van der Waals surface area contributed by atoms with Gasteiger partial charge in [0.25, 0.3) is 0 Å². The summed E-state index contributed by atoms with van der Waals surface area (Å²) in [5.74, 6) is 0.845. The molecule has 0 N–H and O–H groups in total. The van der Waals surface area contributed by atoms with Crippen LogP contribution < -0.4 is 0 Å². The summed E-state index contributed by atoms with van der Waals surface area (Å²) in [5.41, 5.74) is 13.2. The first-order valence-electron chi connectivity index (χ1n) is 33.5. The van der Waals surface area contributed by atoms with E-state index in [1.54, 1.807) is 41.8 Å². The van der Waals surface area contributed by atoms with Crippen LogP contribution in [0.15, 0.2) is 29.8 Å². The zero-order chi connectivity index (χ0) is 67.6. The molecule has 0 saturated carbocycles. The molecule has 512 valence electrons. The molecule has 7 aromatic heterocycles. The Morgan fingerprint density at radius 2 is 0.837 bits per heavy atom. The van der Waals surface area contributed by atoms with E-state index in [0.717, 1.165) is 70.3 Å². The molecule has 0 amide bonds. The van der Waals surface area contributed by atoms with E-state index >= 15 is 0 Å². The molecule has 0 radical (unpaired) electrons. The standard InChI is InChI=1S/2C12H19NS.C11H18N2S.C11H17NS.C10H16N2S.C10H15NS.C9H14N2.CH4/c1-12(2,3)11-7-9-8-13(4)6-5-10(9)14-11;1-12(2,3)11-7-9-5-6-13(4)8-10(9)14-11;1-11(2,3)10-12-8-5-6-13(4)7-9(8)14-10;1-11(2,3)9-7-13-10-6-12(4)5-8(9)10;1-10(2,3)9-11-7-5-12(4)6-8(7)13-9;1-10(2,3)9-11-7-5-4-6-8(7)12-9;1-7-10-6-5-8(11-7)9(2,3)4;/h2*7H,5-6,8H2,1-4H3;5-7H2,1-4H3;7H,5-6H2,1-4H3;5-6H2,1-4H3;4-6H2,1-3H3;5-6H,1-4H3;1H4. The third kappa shape index (κ3) is 21.9. The quantitative estimate of drug-likeness (QED) is 0.146. The number of hydrogen-bond donors (Lipinski definition) is 0. The van der Waals surface area contributed by atoms with Crippen LogP contribution in [0.2, 0.25) is 0 Å². The maximum Gasteiger partial charge on any atom is 0.125 e. The maximum absolute atomic E-state index is 4.75. The van der Waals surface area contributed by atoms with Gasteiger partial charge in [0, 0.05) is 144 Å². The number of hydrogen-bond acceptors (Lipinski definition) is 16. The molecule has 0 fully saturated rings. The van der Waals surface area contributed by atoms with Gasteiger partial charge in [0.2, 0.25) is 0 Å². The van der Waals surface area contributed by atoms with Crippen LogP contribution in [0.1, 0.15) is 264 Å². The Bertz CT molecular complexity index is 3250. The Morgan fingerprint density at radius 3 is 1.35 bits per heavy atom. The van der Waals surface area contributed by atoms with E-state index in [4.69, 9.17) is 4.98 Å². The van der Waals surface area contributed by atoms with Crippen LogP contribution in [0.5, 0.6) is 0 Å². The molecule has 92 heavy (non-hydrogen) atoms. The third-order valence-electron chi connectivity index (χ3n) is 16.8. The van der Waals surface area contributed by atoms with Crippen molar-refractivity contribution in [2.45, 2.75) is 282 Å². The van der Waals surface area contributed by atoms with Gasteiger partial charge in [-0.15, -0.1) is 68.0 Å². The first-order valence-corrected chi connectivity index (χ1v) is 38.4. The lowest BCUT2D eigenvalue weighted by atomic mass is 9.86. The fraction of sp³-hybridized carbons (Fsp3) is 0.671. The summed E-state index contributed by atoms with van der Waals surface area (Å²) >= 11 is 11.6. The normalized spacial score (nSPS) is 16.9. The van der Waals surface area contributed by atoms with Gasteiger partial charge in [0.1, 0.15) is 5.82 Å². The van der Waals surface area contributed by atoms with Crippen molar-refractivity contribution in [3.63, 3.8) is 0 Å². The van der Waals surface area contributed by atoms with E-state index in [2.05, 4.69) is 243 Å². The lowest BCUT2D eigenvalue weighted by molar-refractivity contribution is 0.314. The first kappa shape index (κ1) is 77.9. The molecule has 16 heteroatoms. The second-order valence-electron chi connectivity index (χ2n) is 33.7. The van der Waals surface area contributed by atoms with E-state index in [9.17, 15) is 0 Å². The van der Waals surface area contributed by atoms with Crippen molar-refractivity contribution in [3.8, 4) is 0 Å². The summed E-state index contributed by atoms with van der Waals surface area (Å²) in [5, 5.41) is 6.23. The molecule has 5 aliphatic heterocycles. The molecular weight excluding hydrogens is 1250 g/mol. The number of aryl methyl sites for hydroxylation is 3. The van der Waals surface area contributed by atoms with Crippen molar-refractivity contribution >= 4 is 68.0 Å². The van der Waals surface area contributed by atoms with E-state index in [1.807, 2.05) is 87.2 Å². The molecule has 10 nitrogen and oxygen atoms in total. The smallest absolute Gasteiger partial charge is 0.125 e. The van der Waals surface area contributed by atoms with Crippen LogP contribution in [0.3, 0.4) is 0 Å². The number of likely N-dealkylation sites (N-methyl/N-ethyl adjacent to an activating group) is 3. The highest BCUT2D eigenvalue weighted by molar-refractivity contribution is 7.13. The molecule has 12 heterocycles. The summed E-state index contributed by atoms with van der Waals surface area (Å²) < 4.78 is 0. The molecular formula is C76H122N10S6. The van der Waals surface area contributed by atoms with E-state index in [1.165, 1.54) is 96.8 Å². The molecule has 0 spiro atoms. The number of thiazole rings is 3. The van der Waals surface area contributed by atoms with Crippen molar-refractivity contribution in [3.05, 3.63) is 135 Å². The average molecular weight is 1370 g/mol. The maximum atomic E-state index is 4.75. The van der Waals surface area contributed by atoms with Crippen molar-refractivity contribution in [1.82, 2.24) is 49.4 Å². The van der Waals surface area contributed by atoms with Crippen molar-refractivity contribution in [2.75, 3.05) is 54.9 Å². The lowest BCUT2D eigenvalue weighted by Gasteiger charge is -2.21. The van der Waals surface area contributed by atoms with Gasteiger partial charge in [-0.05, 0) is 136 Å². The SMILES string of the molecule is C.CC(C)(C)c1nc2c(s1)CCC2.CN1CCc2cc(C(C)(C)C)sc2C1.CN1CCc2nc(C(C)(C)C)sc2C1.CN1CCc2sc(C(C)(C)C)cc2C1.CN1Cc2nc(C(C)(C)C)sc2C1.CN1Cc2scc(C(C)(C)C)c2C1.Cc1nccc(C(C)(C)C)n1. The van der Waals surface area contributed by atoms with Gasteiger partial charge < -0.3 is 14.7 Å². The summed E-state index contributed by atoms with van der Waals surface area (Å²) in [6, 6.07) is 6.80. The van der Waals surface area contributed by atoms with Crippen LogP contribution in [0.25, 0.3) is 0 Å². The third-order valence-corrected chi connectivity index (χ3v) is 25.7. The highest BCUT2D eigenvalue weighted by atomic mass is 32.1. The van der Waals surface area contributed by atoms with Gasteiger partial charge >= 0.3 is 0 Å². The van der Waals surface area contributed by atoms with Crippen LogP contribution >= 0.6 is 68.0 Å². The summed E-state index contributed by atoms with van der Waals surface area (Å²) in [6.45, 7) is 60.5. The molecule has 0 unspecified atom stereocenters. The Balaban J connectivity index is 0.000000170. The number of rotatable bonds is 0. The Labute approximate surface area is 584 Å². The minimum absolute atomic E-state index is 0.